The van der Waals surface area contributed by atoms with E-state index in [1.807, 2.05) is 24.3 Å². The monoisotopic (exact) mass is 390 g/mol. The molecule has 0 saturated heterocycles. The van der Waals surface area contributed by atoms with E-state index in [0.29, 0.717) is 41.5 Å². The SMILES string of the molecule is CC(=CC=O)C(=O)Nc1ccc(Cc2ccc(NC(=O)C(C)=CC=O)cc2)cc1. The average Bonchev–Trinajstić information content (AvgIpc) is 2.71. The third-order valence-electron chi connectivity index (χ3n) is 4.18. The molecule has 0 aliphatic rings. The van der Waals surface area contributed by atoms with Crippen molar-refractivity contribution in [3.63, 3.8) is 0 Å². The Morgan fingerprint density at radius 2 is 1.03 bits per heavy atom. The highest BCUT2D eigenvalue weighted by Gasteiger charge is 2.06. The van der Waals surface area contributed by atoms with Gasteiger partial charge in [0.2, 0.25) is 0 Å². The molecule has 0 radical (unpaired) electrons. The largest absolute Gasteiger partial charge is 0.322 e. The number of amides is 2. The van der Waals surface area contributed by atoms with Gasteiger partial charge in [-0.3, -0.25) is 19.2 Å². The molecule has 148 valence electrons. The number of hydrogen-bond acceptors (Lipinski definition) is 4. The molecule has 0 unspecified atom stereocenters. The van der Waals surface area contributed by atoms with Gasteiger partial charge in [-0.1, -0.05) is 24.3 Å². The molecule has 6 heteroatoms. The van der Waals surface area contributed by atoms with Gasteiger partial charge in [-0.25, -0.2) is 0 Å². The Bertz CT molecular complexity index is 876. The number of benzene rings is 2. The van der Waals surface area contributed by atoms with Crippen LogP contribution in [0.15, 0.2) is 71.8 Å². The van der Waals surface area contributed by atoms with Crippen molar-refractivity contribution in [1.82, 2.24) is 0 Å². The number of allylic oxidation sites excluding steroid dienone is 2. The molecule has 2 aromatic carbocycles. The second kappa shape index (κ2) is 10.5. The zero-order chi connectivity index (χ0) is 21.2. The van der Waals surface area contributed by atoms with E-state index in [-0.39, 0.29) is 11.8 Å². The molecular weight excluding hydrogens is 368 g/mol. The summed E-state index contributed by atoms with van der Waals surface area (Å²) < 4.78 is 0. The first-order valence-corrected chi connectivity index (χ1v) is 8.97. The number of anilines is 2. The van der Waals surface area contributed by atoms with Crippen LogP contribution in [-0.4, -0.2) is 24.4 Å². The Kier molecular flexibility index (Phi) is 7.79. The Morgan fingerprint density at radius 1 is 0.690 bits per heavy atom. The van der Waals surface area contributed by atoms with Gasteiger partial charge >= 0.3 is 0 Å². The van der Waals surface area contributed by atoms with Crippen LogP contribution in [0.3, 0.4) is 0 Å². The van der Waals surface area contributed by atoms with Crippen molar-refractivity contribution in [2.45, 2.75) is 20.3 Å². The smallest absolute Gasteiger partial charge is 0.251 e. The first kappa shape index (κ1) is 21.5. The lowest BCUT2D eigenvalue weighted by atomic mass is 10.0. The highest BCUT2D eigenvalue weighted by molar-refractivity contribution is 6.05. The molecule has 2 N–H and O–H groups in total. The lowest BCUT2D eigenvalue weighted by molar-refractivity contribution is -0.113. The van der Waals surface area contributed by atoms with Crippen molar-refractivity contribution >= 4 is 35.8 Å². The molecule has 2 amide bonds. The van der Waals surface area contributed by atoms with Crippen molar-refractivity contribution in [2.24, 2.45) is 0 Å². The number of aldehydes is 2. The van der Waals surface area contributed by atoms with Gasteiger partial charge in [-0.15, -0.1) is 0 Å². The Balaban J connectivity index is 1.96. The molecule has 0 fully saturated rings. The van der Waals surface area contributed by atoms with Crippen LogP contribution in [0.5, 0.6) is 0 Å². The molecule has 2 rings (SSSR count). The lowest BCUT2D eigenvalue weighted by Gasteiger charge is -2.08. The first-order chi connectivity index (χ1) is 13.9. The molecule has 0 bridgehead atoms. The summed E-state index contributed by atoms with van der Waals surface area (Å²) in [6.07, 6.45) is 4.29. The van der Waals surface area contributed by atoms with Crippen LogP contribution in [0.25, 0.3) is 0 Å². The minimum Gasteiger partial charge on any atom is -0.322 e. The summed E-state index contributed by atoms with van der Waals surface area (Å²) in [4.78, 5) is 44.6. The van der Waals surface area contributed by atoms with E-state index in [0.717, 1.165) is 11.1 Å². The normalized spacial score (nSPS) is 11.5. The fourth-order valence-electron chi connectivity index (χ4n) is 2.46. The van der Waals surface area contributed by atoms with E-state index in [1.54, 1.807) is 38.1 Å². The van der Waals surface area contributed by atoms with Gasteiger partial charge in [0.25, 0.3) is 11.8 Å². The third-order valence-corrected chi connectivity index (χ3v) is 4.18. The number of carbonyl (C=O) groups excluding carboxylic acids is 4. The molecule has 0 aliphatic carbocycles. The van der Waals surface area contributed by atoms with Gasteiger partial charge in [0.15, 0.2) is 0 Å². The molecule has 0 aliphatic heterocycles. The van der Waals surface area contributed by atoms with Crippen LogP contribution < -0.4 is 10.6 Å². The van der Waals surface area contributed by atoms with E-state index in [1.165, 1.54) is 12.2 Å². The van der Waals surface area contributed by atoms with Gasteiger partial charge in [0.1, 0.15) is 12.6 Å². The molecule has 0 atom stereocenters. The topological polar surface area (TPSA) is 92.3 Å². The van der Waals surface area contributed by atoms with Crippen LogP contribution in [0.2, 0.25) is 0 Å². The summed E-state index contributed by atoms with van der Waals surface area (Å²) >= 11 is 0. The number of carbonyl (C=O) groups is 4. The number of hydrogen-bond donors (Lipinski definition) is 2. The van der Waals surface area contributed by atoms with Crippen LogP contribution in [0.4, 0.5) is 11.4 Å². The molecule has 0 spiro atoms. The maximum absolute atomic E-state index is 11.9. The van der Waals surface area contributed by atoms with E-state index in [9.17, 15) is 19.2 Å². The fraction of sp³-hybridized carbons (Fsp3) is 0.130. The molecule has 2 aromatic rings. The van der Waals surface area contributed by atoms with E-state index >= 15 is 0 Å². The summed E-state index contributed by atoms with van der Waals surface area (Å²) in [6.45, 7) is 3.15. The molecular formula is C23H22N2O4. The standard InChI is InChI=1S/C23H22N2O4/c1-16(11-13-26)22(28)24-20-7-3-18(4-8-20)15-19-5-9-21(10-6-19)25-23(29)17(2)12-14-27/h3-14H,15H2,1-2H3,(H,24,28)(H,25,29). The molecule has 0 aromatic heterocycles. The Hall–Kier alpha value is -3.80. The third kappa shape index (κ3) is 6.70. The summed E-state index contributed by atoms with van der Waals surface area (Å²) in [6, 6.07) is 14.9. The van der Waals surface area contributed by atoms with Crippen molar-refractivity contribution in [3.05, 3.63) is 83.0 Å². The minimum atomic E-state index is -0.319. The van der Waals surface area contributed by atoms with Gasteiger partial charge in [-0.05, 0) is 67.8 Å². The van der Waals surface area contributed by atoms with Crippen molar-refractivity contribution in [2.75, 3.05) is 10.6 Å². The highest BCUT2D eigenvalue weighted by Crippen LogP contribution is 2.17. The predicted octanol–water partition coefficient (Wildman–Crippen LogP) is 3.44. The quantitative estimate of drug-likeness (QED) is 0.533. The van der Waals surface area contributed by atoms with Gasteiger partial charge in [-0.2, -0.15) is 0 Å². The van der Waals surface area contributed by atoms with E-state index in [4.69, 9.17) is 0 Å². The molecule has 0 heterocycles. The summed E-state index contributed by atoms with van der Waals surface area (Å²) in [5.41, 5.74) is 4.10. The maximum atomic E-state index is 11.9. The summed E-state index contributed by atoms with van der Waals surface area (Å²) in [7, 11) is 0. The van der Waals surface area contributed by atoms with Gasteiger partial charge in [0, 0.05) is 22.5 Å². The van der Waals surface area contributed by atoms with Gasteiger partial charge in [0.05, 0.1) is 0 Å². The molecule has 0 saturated carbocycles. The van der Waals surface area contributed by atoms with E-state index < -0.39 is 0 Å². The summed E-state index contributed by atoms with van der Waals surface area (Å²) in [5.74, 6) is -0.638. The Morgan fingerprint density at radius 3 is 1.34 bits per heavy atom. The van der Waals surface area contributed by atoms with Crippen molar-refractivity contribution < 1.29 is 19.2 Å². The van der Waals surface area contributed by atoms with Crippen LogP contribution in [0, 0.1) is 0 Å². The van der Waals surface area contributed by atoms with Crippen molar-refractivity contribution in [3.8, 4) is 0 Å². The lowest BCUT2D eigenvalue weighted by Crippen LogP contribution is -2.12. The second-order valence-electron chi connectivity index (χ2n) is 6.45. The van der Waals surface area contributed by atoms with Crippen LogP contribution in [0.1, 0.15) is 25.0 Å². The second-order valence-corrected chi connectivity index (χ2v) is 6.45. The van der Waals surface area contributed by atoms with Crippen LogP contribution in [-0.2, 0) is 25.6 Å². The number of rotatable bonds is 8. The van der Waals surface area contributed by atoms with Gasteiger partial charge < -0.3 is 10.6 Å². The minimum absolute atomic E-state index is 0.319. The highest BCUT2D eigenvalue weighted by atomic mass is 16.2. The van der Waals surface area contributed by atoms with E-state index in [2.05, 4.69) is 10.6 Å². The van der Waals surface area contributed by atoms with Crippen molar-refractivity contribution in [1.29, 1.82) is 0 Å². The van der Waals surface area contributed by atoms with Crippen LogP contribution >= 0.6 is 0 Å². The average molecular weight is 390 g/mol. The molecule has 29 heavy (non-hydrogen) atoms. The summed E-state index contributed by atoms with van der Waals surface area (Å²) in [5, 5.41) is 5.46. The fourth-order valence-corrected chi connectivity index (χ4v) is 2.46. The first-order valence-electron chi connectivity index (χ1n) is 8.97. The maximum Gasteiger partial charge on any atom is 0.251 e. The molecule has 6 nitrogen and oxygen atoms in total. The predicted molar refractivity (Wildman–Crippen MR) is 113 cm³/mol. The zero-order valence-corrected chi connectivity index (χ0v) is 16.3. The zero-order valence-electron chi connectivity index (χ0n) is 16.3. The number of nitrogens with one attached hydrogen (secondary N) is 2. The Labute approximate surface area is 169 Å².